The van der Waals surface area contributed by atoms with E-state index in [2.05, 4.69) is 25.7 Å². The van der Waals surface area contributed by atoms with Crippen molar-refractivity contribution in [3.05, 3.63) is 18.0 Å². The van der Waals surface area contributed by atoms with E-state index in [4.69, 9.17) is 4.74 Å². The molecule has 0 saturated carbocycles. The third kappa shape index (κ3) is 3.35. The van der Waals surface area contributed by atoms with Crippen LogP contribution in [-0.4, -0.2) is 70.8 Å². The normalized spacial score (nSPS) is 31.5. The van der Waals surface area contributed by atoms with Gasteiger partial charge < -0.3 is 15.4 Å². The summed E-state index contributed by atoms with van der Waals surface area (Å²) in [7, 11) is 0. The minimum absolute atomic E-state index is 0.0241. The van der Waals surface area contributed by atoms with Crippen molar-refractivity contribution >= 4 is 11.8 Å². The van der Waals surface area contributed by atoms with Gasteiger partial charge in [0.15, 0.2) is 0 Å². The van der Waals surface area contributed by atoms with Gasteiger partial charge in [-0.2, -0.15) is 5.10 Å². The Balaban J connectivity index is 1.40. The van der Waals surface area contributed by atoms with E-state index in [1.165, 1.54) is 6.20 Å². The van der Waals surface area contributed by atoms with Gasteiger partial charge in [-0.25, -0.2) is 0 Å². The number of carbonyl (C=O) groups excluding carboxylic acids is 2. The van der Waals surface area contributed by atoms with Crippen LogP contribution in [0, 0.1) is 0 Å². The van der Waals surface area contributed by atoms with Gasteiger partial charge in [0.1, 0.15) is 5.54 Å². The van der Waals surface area contributed by atoms with Gasteiger partial charge in [0, 0.05) is 31.9 Å². The van der Waals surface area contributed by atoms with Crippen LogP contribution in [0.15, 0.2) is 12.4 Å². The molecule has 1 aromatic heterocycles. The average molecular weight is 361 g/mol. The molecule has 3 atom stereocenters. The monoisotopic (exact) mass is 361 g/mol. The van der Waals surface area contributed by atoms with Crippen molar-refractivity contribution in [3.8, 4) is 0 Å². The smallest absolute Gasteiger partial charge is 0.254 e. The summed E-state index contributed by atoms with van der Waals surface area (Å²) in [5.41, 5.74) is 0.0253. The van der Waals surface area contributed by atoms with Gasteiger partial charge in [0.25, 0.3) is 5.91 Å². The highest BCUT2D eigenvalue weighted by Crippen LogP contribution is 2.38. The molecule has 2 amide bonds. The summed E-state index contributed by atoms with van der Waals surface area (Å²) in [6.07, 6.45) is 8.99. The fourth-order valence-electron chi connectivity index (χ4n) is 4.59. The number of hydrogen-bond acceptors (Lipinski definition) is 5. The molecule has 142 valence electrons. The molecule has 3 N–H and O–H groups in total. The Morgan fingerprint density at radius 2 is 2.31 bits per heavy atom. The van der Waals surface area contributed by atoms with Crippen LogP contribution in [0.3, 0.4) is 0 Å². The first-order valence-corrected chi connectivity index (χ1v) is 9.62. The number of amides is 2. The Morgan fingerprint density at radius 3 is 3.08 bits per heavy atom. The fourth-order valence-corrected chi connectivity index (χ4v) is 4.59. The molecule has 1 aromatic rings. The van der Waals surface area contributed by atoms with Crippen LogP contribution in [0.4, 0.5) is 0 Å². The Bertz CT molecular complexity index is 643. The van der Waals surface area contributed by atoms with Crippen molar-refractivity contribution in [2.75, 3.05) is 26.2 Å². The number of carbonyl (C=O) groups is 2. The van der Waals surface area contributed by atoms with E-state index < -0.39 is 5.54 Å². The van der Waals surface area contributed by atoms with Crippen LogP contribution in [-0.2, 0) is 9.53 Å². The van der Waals surface area contributed by atoms with E-state index in [0.29, 0.717) is 18.5 Å². The lowest BCUT2D eigenvalue weighted by atomic mass is 9.84. The number of H-pyrrole nitrogens is 1. The molecule has 8 heteroatoms. The first kappa shape index (κ1) is 17.5. The zero-order chi connectivity index (χ0) is 18.0. The molecule has 0 unspecified atom stereocenters. The van der Waals surface area contributed by atoms with Crippen LogP contribution in [0.25, 0.3) is 0 Å². The van der Waals surface area contributed by atoms with Crippen LogP contribution in [0.1, 0.15) is 48.9 Å². The Kier molecular flexibility index (Phi) is 4.95. The highest BCUT2D eigenvalue weighted by atomic mass is 16.5. The summed E-state index contributed by atoms with van der Waals surface area (Å²) in [6.45, 7) is 3.00. The number of nitrogens with zero attached hydrogens (tertiary/aromatic N) is 2. The van der Waals surface area contributed by atoms with E-state index in [0.717, 1.165) is 51.8 Å². The molecular formula is C18H27N5O3. The van der Waals surface area contributed by atoms with Gasteiger partial charge in [0.2, 0.25) is 5.91 Å². The number of aromatic nitrogens is 2. The molecule has 0 spiro atoms. The molecule has 0 aromatic carbocycles. The van der Waals surface area contributed by atoms with Gasteiger partial charge in [-0.1, -0.05) is 0 Å². The number of fused-ring (bicyclic) bond motifs is 1. The zero-order valence-corrected chi connectivity index (χ0v) is 15.0. The Morgan fingerprint density at radius 1 is 1.38 bits per heavy atom. The number of ether oxygens (including phenoxy) is 1. The number of rotatable bonds is 5. The number of hydrogen-bond donors (Lipinski definition) is 3. The highest BCUT2D eigenvalue weighted by Gasteiger charge is 2.52. The second-order valence-corrected chi connectivity index (χ2v) is 7.64. The molecule has 0 bridgehead atoms. The van der Waals surface area contributed by atoms with Crippen molar-refractivity contribution in [2.24, 2.45) is 0 Å². The van der Waals surface area contributed by atoms with Crippen molar-refractivity contribution in [2.45, 2.75) is 56.2 Å². The van der Waals surface area contributed by atoms with Gasteiger partial charge in [-0.05, 0) is 45.1 Å². The zero-order valence-electron chi connectivity index (χ0n) is 15.0. The van der Waals surface area contributed by atoms with Gasteiger partial charge in [-0.15, -0.1) is 0 Å². The molecule has 0 radical (unpaired) electrons. The minimum atomic E-state index is -0.495. The summed E-state index contributed by atoms with van der Waals surface area (Å²) in [4.78, 5) is 27.7. The van der Waals surface area contributed by atoms with Crippen LogP contribution in [0.2, 0.25) is 0 Å². The molecule has 4 heterocycles. The topological polar surface area (TPSA) is 99.3 Å². The fraction of sp³-hybridized carbons (Fsp3) is 0.722. The maximum Gasteiger partial charge on any atom is 0.254 e. The first-order valence-electron chi connectivity index (χ1n) is 9.62. The lowest BCUT2D eigenvalue weighted by molar-refractivity contribution is -0.134. The van der Waals surface area contributed by atoms with E-state index in [-0.39, 0.29) is 24.0 Å². The van der Waals surface area contributed by atoms with Gasteiger partial charge in [-0.3, -0.25) is 19.6 Å². The van der Waals surface area contributed by atoms with E-state index in [9.17, 15) is 9.59 Å². The summed E-state index contributed by atoms with van der Waals surface area (Å²) < 4.78 is 5.62. The minimum Gasteiger partial charge on any atom is -0.376 e. The summed E-state index contributed by atoms with van der Waals surface area (Å²) in [5, 5.41) is 12.7. The van der Waals surface area contributed by atoms with E-state index in [1.54, 1.807) is 6.20 Å². The van der Waals surface area contributed by atoms with E-state index in [1.807, 2.05) is 0 Å². The SMILES string of the molecule is O=C(N[C@@H]1CN2CCCC[C@]2(C(=O)NC[C@@H]2CCCO2)C1)c1cn[nH]c1. The van der Waals surface area contributed by atoms with Crippen LogP contribution >= 0.6 is 0 Å². The maximum absolute atomic E-state index is 13.1. The average Bonchev–Trinajstić information content (AvgIpc) is 3.39. The summed E-state index contributed by atoms with van der Waals surface area (Å²) in [6, 6.07) is -0.0241. The predicted octanol–water partition coefficient (Wildman–Crippen LogP) is 0.432. The van der Waals surface area contributed by atoms with E-state index >= 15 is 0 Å². The highest BCUT2D eigenvalue weighted by molar-refractivity contribution is 5.94. The molecule has 4 rings (SSSR count). The second-order valence-electron chi connectivity index (χ2n) is 7.64. The number of nitrogens with one attached hydrogen (secondary N) is 3. The summed E-state index contributed by atoms with van der Waals surface area (Å²) in [5.74, 6) is -0.0497. The molecule has 0 aliphatic carbocycles. The van der Waals surface area contributed by atoms with Crippen molar-refractivity contribution in [3.63, 3.8) is 0 Å². The Hall–Kier alpha value is -1.93. The Labute approximate surface area is 153 Å². The number of piperidine rings is 1. The third-order valence-corrected chi connectivity index (χ3v) is 5.93. The molecule has 26 heavy (non-hydrogen) atoms. The van der Waals surface area contributed by atoms with Gasteiger partial charge >= 0.3 is 0 Å². The van der Waals surface area contributed by atoms with Crippen molar-refractivity contribution in [1.82, 2.24) is 25.7 Å². The number of aromatic amines is 1. The van der Waals surface area contributed by atoms with Gasteiger partial charge in [0.05, 0.1) is 17.9 Å². The molecule has 3 aliphatic rings. The lowest BCUT2D eigenvalue weighted by Crippen LogP contribution is -2.58. The standard InChI is InChI=1S/C18H27N5O3/c24-16(13-9-20-21-10-13)22-14-8-18(5-1-2-6-23(18)12-14)17(25)19-11-15-4-3-7-26-15/h9-10,14-15H,1-8,11-12H2,(H,19,25)(H,20,21)(H,22,24)/t14-,15-,18+/m0/s1. The largest absolute Gasteiger partial charge is 0.376 e. The summed E-state index contributed by atoms with van der Waals surface area (Å²) >= 11 is 0. The molecule has 8 nitrogen and oxygen atoms in total. The third-order valence-electron chi connectivity index (χ3n) is 5.93. The van der Waals surface area contributed by atoms with Crippen LogP contribution < -0.4 is 10.6 Å². The second kappa shape index (κ2) is 7.36. The quantitative estimate of drug-likeness (QED) is 0.706. The van der Waals surface area contributed by atoms with Crippen LogP contribution in [0.5, 0.6) is 0 Å². The molecule has 3 saturated heterocycles. The predicted molar refractivity (Wildman–Crippen MR) is 94.6 cm³/mol. The molecular weight excluding hydrogens is 334 g/mol. The first-order chi connectivity index (χ1) is 12.7. The van der Waals surface area contributed by atoms with Crippen molar-refractivity contribution in [1.29, 1.82) is 0 Å². The lowest BCUT2D eigenvalue weighted by Gasteiger charge is -2.40. The molecule has 3 fully saturated rings. The maximum atomic E-state index is 13.1. The van der Waals surface area contributed by atoms with Crippen molar-refractivity contribution < 1.29 is 14.3 Å². The molecule has 3 aliphatic heterocycles.